The molecule has 4 heteroatoms. The second-order valence-electron chi connectivity index (χ2n) is 2.48. The molecule has 0 unspecified atom stereocenters. The lowest BCUT2D eigenvalue weighted by Crippen LogP contribution is -2.11. The molecule has 0 aliphatic rings. The Morgan fingerprint density at radius 3 is 2.67 bits per heavy atom. The SMILES string of the molecule is Cc1cc(I)cc(C(N)=O)c1O. The van der Waals surface area contributed by atoms with Gasteiger partial charge in [0, 0.05) is 3.57 Å². The Hall–Kier alpha value is -0.780. The Morgan fingerprint density at radius 2 is 2.17 bits per heavy atom. The van der Waals surface area contributed by atoms with Crippen molar-refractivity contribution in [2.24, 2.45) is 5.73 Å². The predicted molar refractivity (Wildman–Crippen MR) is 54.1 cm³/mol. The largest absolute Gasteiger partial charge is 0.507 e. The van der Waals surface area contributed by atoms with Crippen LogP contribution in [0.25, 0.3) is 0 Å². The summed E-state index contributed by atoms with van der Waals surface area (Å²) in [5.41, 5.74) is 5.89. The zero-order chi connectivity index (χ0) is 9.30. The number of phenols is 1. The van der Waals surface area contributed by atoms with Crippen LogP contribution in [0.4, 0.5) is 0 Å². The summed E-state index contributed by atoms with van der Waals surface area (Å²) < 4.78 is 0.886. The summed E-state index contributed by atoms with van der Waals surface area (Å²) in [7, 11) is 0. The molecule has 1 amide bonds. The molecule has 0 heterocycles. The van der Waals surface area contributed by atoms with E-state index in [-0.39, 0.29) is 11.3 Å². The van der Waals surface area contributed by atoms with E-state index in [1.165, 1.54) is 0 Å². The molecule has 1 aromatic carbocycles. The van der Waals surface area contributed by atoms with Crippen molar-refractivity contribution in [1.82, 2.24) is 0 Å². The van der Waals surface area contributed by atoms with Gasteiger partial charge in [0.1, 0.15) is 5.75 Å². The number of aryl methyl sites for hydroxylation is 1. The van der Waals surface area contributed by atoms with E-state index in [4.69, 9.17) is 5.73 Å². The number of benzene rings is 1. The van der Waals surface area contributed by atoms with Crippen molar-refractivity contribution in [1.29, 1.82) is 0 Å². The summed E-state index contributed by atoms with van der Waals surface area (Å²) in [5.74, 6) is -0.628. The van der Waals surface area contributed by atoms with E-state index in [2.05, 4.69) is 22.6 Å². The van der Waals surface area contributed by atoms with Crippen LogP contribution in [0.2, 0.25) is 0 Å². The lowest BCUT2D eigenvalue weighted by atomic mass is 10.1. The fourth-order valence-corrected chi connectivity index (χ4v) is 1.70. The summed E-state index contributed by atoms with van der Waals surface area (Å²) in [6, 6.07) is 3.34. The molecule has 0 radical (unpaired) electrons. The van der Waals surface area contributed by atoms with Crippen LogP contribution in [0, 0.1) is 10.5 Å². The molecule has 1 rings (SSSR count). The summed E-state index contributed by atoms with van der Waals surface area (Å²) in [5, 5.41) is 9.39. The third-order valence-electron chi connectivity index (χ3n) is 1.53. The lowest BCUT2D eigenvalue weighted by Gasteiger charge is -2.04. The lowest BCUT2D eigenvalue weighted by molar-refractivity contribution is 0.0997. The van der Waals surface area contributed by atoms with Gasteiger partial charge >= 0.3 is 0 Å². The number of rotatable bonds is 1. The van der Waals surface area contributed by atoms with Crippen molar-refractivity contribution in [2.45, 2.75) is 6.92 Å². The van der Waals surface area contributed by atoms with Crippen LogP contribution in [-0.2, 0) is 0 Å². The van der Waals surface area contributed by atoms with E-state index in [0.717, 1.165) is 3.57 Å². The van der Waals surface area contributed by atoms with Gasteiger partial charge in [-0.1, -0.05) is 0 Å². The smallest absolute Gasteiger partial charge is 0.252 e. The van der Waals surface area contributed by atoms with Crippen molar-refractivity contribution in [3.05, 3.63) is 26.8 Å². The number of amides is 1. The first-order chi connectivity index (χ1) is 5.52. The number of hydrogen-bond donors (Lipinski definition) is 2. The van der Waals surface area contributed by atoms with E-state index in [9.17, 15) is 9.90 Å². The van der Waals surface area contributed by atoms with Crippen LogP contribution in [0.15, 0.2) is 12.1 Å². The van der Waals surface area contributed by atoms with Crippen molar-refractivity contribution in [3.63, 3.8) is 0 Å². The molecule has 0 aromatic heterocycles. The number of primary amides is 1. The molecule has 0 saturated heterocycles. The van der Waals surface area contributed by atoms with Gasteiger partial charge in [-0.15, -0.1) is 0 Å². The average molecular weight is 277 g/mol. The Bertz CT molecular complexity index is 336. The third-order valence-corrected chi connectivity index (χ3v) is 2.15. The molecular weight excluding hydrogens is 269 g/mol. The fraction of sp³-hybridized carbons (Fsp3) is 0.125. The summed E-state index contributed by atoms with van der Waals surface area (Å²) in [6.07, 6.45) is 0. The summed E-state index contributed by atoms with van der Waals surface area (Å²) in [4.78, 5) is 10.8. The minimum atomic E-state index is -0.603. The van der Waals surface area contributed by atoms with Gasteiger partial charge in [0.2, 0.25) is 0 Å². The van der Waals surface area contributed by atoms with Gasteiger partial charge in [-0.3, -0.25) is 4.79 Å². The molecule has 3 nitrogen and oxygen atoms in total. The van der Waals surface area contributed by atoms with Gasteiger partial charge in [-0.2, -0.15) is 0 Å². The minimum Gasteiger partial charge on any atom is -0.507 e. The highest BCUT2D eigenvalue weighted by Gasteiger charge is 2.10. The van der Waals surface area contributed by atoms with Gasteiger partial charge in [0.15, 0.2) is 0 Å². The van der Waals surface area contributed by atoms with Crippen molar-refractivity contribution >= 4 is 28.5 Å². The normalized spacial score (nSPS) is 9.83. The highest BCUT2D eigenvalue weighted by atomic mass is 127. The van der Waals surface area contributed by atoms with Gasteiger partial charge in [-0.25, -0.2) is 0 Å². The number of halogens is 1. The first-order valence-corrected chi connectivity index (χ1v) is 4.39. The third kappa shape index (κ3) is 1.69. The highest BCUT2D eigenvalue weighted by Crippen LogP contribution is 2.24. The molecular formula is C8H8INO2. The molecule has 0 atom stereocenters. The molecule has 0 fully saturated rings. The van der Waals surface area contributed by atoms with E-state index >= 15 is 0 Å². The molecule has 1 aromatic rings. The average Bonchev–Trinajstić information content (AvgIpc) is 1.96. The molecule has 0 saturated carbocycles. The standard InChI is InChI=1S/C8H8INO2/c1-4-2-5(9)3-6(7(4)11)8(10)12/h2-3,11H,1H3,(H2,10,12). The molecule has 0 spiro atoms. The maximum Gasteiger partial charge on any atom is 0.252 e. The maximum absolute atomic E-state index is 10.8. The van der Waals surface area contributed by atoms with E-state index in [1.54, 1.807) is 19.1 Å². The number of aromatic hydroxyl groups is 1. The summed E-state index contributed by atoms with van der Waals surface area (Å²) >= 11 is 2.06. The maximum atomic E-state index is 10.8. The van der Waals surface area contributed by atoms with E-state index in [1.807, 2.05) is 0 Å². The Labute approximate surface area is 83.7 Å². The van der Waals surface area contributed by atoms with Gasteiger partial charge in [0.05, 0.1) is 5.56 Å². The number of carbonyl (C=O) groups excluding carboxylic acids is 1. The summed E-state index contributed by atoms with van der Waals surface area (Å²) in [6.45, 7) is 1.73. The zero-order valence-corrected chi connectivity index (χ0v) is 8.62. The second kappa shape index (κ2) is 3.30. The second-order valence-corrected chi connectivity index (χ2v) is 3.73. The van der Waals surface area contributed by atoms with Crippen LogP contribution in [0.3, 0.4) is 0 Å². The van der Waals surface area contributed by atoms with Crippen LogP contribution in [0.5, 0.6) is 5.75 Å². The first kappa shape index (κ1) is 9.31. The van der Waals surface area contributed by atoms with Gasteiger partial charge in [-0.05, 0) is 47.2 Å². The van der Waals surface area contributed by atoms with Gasteiger partial charge in [0.25, 0.3) is 5.91 Å². The van der Waals surface area contributed by atoms with Crippen molar-refractivity contribution in [3.8, 4) is 5.75 Å². The Balaban J connectivity index is 3.37. The number of carbonyl (C=O) groups is 1. The molecule has 0 aliphatic heterocycles. The predicted octanol–water partition coefficient (Wildman–Crippen LogP) is 1.40. The quantitative estimate of drug-likeness (QED) is 0.762. The first-order valence-electron chi connectivity index (χ1n) is 3.31. The van der Waals surface area contributed by atoms with Gasteiger partial charge < -0.3 is 10.8 Å². The number of hydrogen-bond acceptors (Lipinski definition) is 2. The minimum absolute atomic E-state index is 0.0251. The Kier molecular flexibility index (Phi) is 2.56. The van der Waals surface area contributed by atoms with Crippen LogP contribution in [0.1, 0.15) is 15.9 Å². The zero-order valence-electron chi connectivity index (χ0n) is 6.47. The fourth-order valence-electron chi connectivity index (χ4n) is 0.923. The highest BCUT2D eigenvalue weighted by molar-refractivity contribution is 14.1. The molecule has 64 valence electrons. The molecule has 3 N–H and O–H groups in total. The van der Waals surface area contributed by atoms with Crippen LogP contribution >= 0.6 is 22.6 Å². The Morgan fingerprint density at radius 1 is 1.58 bits per heavy atom. The molecule has 12 heavy (non-hydrogen) atoms. The molecule has 0 aliphatic carbocycles. The number of nitrogens with two attached hydrogens (primary N) is 1. The molecule has 0 bridgehead atoms. The monoisotopic (exact) mass is 277 g/mol. The van der Waals surface area contributed by atoms with Crippen molar-refractivity contribution < 1.29 is 9.90 Å². The van der Waals surface area contributed by atoms with Crippen LogP contribution < -0.4 is 5.73 Å². The van der Waals surface area contributed by atoms with E-state index in [0.29, 0.717) is 5.56 Å². The van der Waals surface area contributed by atoms with E-state index < -0.39 is 5.91 Å². The van der Waals surface area contributed by atoms with Crippen LogP contribution in [-0.4, -0.2) is 11.0 Å². The van der Waals surface area contributed by atoms with Crippen molar-refractivity contribution in [2.75, 3.05) is 0 Å². The topological polar surface area (TPSA) is 63.3 Å².